The van der Waals surface area contributed by atoms with Crippen LogP contribution in [-0.4, -0.2) is 23.9 Å². The van der Waals surface area contributed by atoms with Gasteiger partial charge in [-0.05, 0) is 47.3 Å². The van der Waals surface area contributed by atoms with Crippen molar-refractivity contribution in [1.82, 2.24) is 5.32 Å². The Hall–Kier alpha value is -3.72. The Bertz CT molecular complexity index is 1070. The lowest BCUT2D eigenvalue weighted by Crippen LogP contribution is -2.33. The minimum absolute atomic E-state index is 0.118. The van der Waals surface area contributed by atoms with Crippen LogP contribution in [0.15, 0.2) is 60.0 Å². The van der Waals surface area contributed by atoms with Crippen LogP contribution in [0.2, 0.25) is 0 Å². The van der Waals surface area contributed by atoms with Crippen molar-refractivity contribution >= 4 is 34.7 Å². The maximum atomic E-state index is 12.6. The third-order valence-electron chi connectivity index (χ3n) is 4.65. The number of hydrogen-bond donors (Lipinski definition) is 4. The molecule has 0 saturated heterocycles. The first-order valence-electron chi connectivity index (χ1n) is 9.62. The molecule has 1 aromatic heterocycles. The molecule has 2 amide bonds. The summed E-state index contributed by atoms with van der Waals surface area (Å²) in [6.07, 6.45) is -0.268. The van der Waals surface area contributed by atoms with Gasteiger partial charge in [0.25, 0.3) is 0 Å². The van der Waals surface area contributed by atoms with E-state index in [9.17, 15) is 14.7 Å². The van der Waals surface area contributed by atoms with Crippen molar-refractivity contribution in [2.45, 2.75) is 19.0 Å². The van der Waals surface area contributed by atoms with Crippen molar-refractivity contribution in [3.05, 3.63) is 70.4 Å². The van der Waals surface area contributed by atoms with Gasteiger partial charge in [0.05, 0.1) is 12.5 Å². The van der Waals surface area contributed by atoms with Gasteiger partial charge in [0, 0.05) is 22.8 Å². The largest absolute Gasteiger partial charge is 0.481 e. The van der Waals surface area contributed by atoms with Crippen LogP contribution in [0.5, 0.6) is 11.5 Å². The fourth-order valence-corrected chi connectivity index (χ4v) is 3.84. The molecule has 9 heteroatoms. The number of carboxylic acids is 1. The molecule has 4 N–H and O–H groups in total. The van der Waals surface area contributed by atoms with Crippen LogP contribution >= 0.6 is 11.3 Å². The molecule has 2 heterocycles. The van der Waals surface area contributed by atoms with Gasteiger partial charge < -0.3 is 30.5 Å². The summed E-state index contributed by atoms with van der Waals surface area (Å²) in [6.45, 7) is 0.811. The van der Waals surface area contributed by atoms with Gasteiger partial charge >= 0.3 is 12.0 Å². The number of carbonyl (C=O) groups is 2. The van der Waals surface area contributed by atoms with Gasteiger partial charge in [-0.1, -0.05) is 18.2 Å². The van der Waals surface area contributed by atoms with Gasteiger partial charge in [-0.25, -0.2) is 4.79 Å². The molecule has 2 aromatic carbocycles. The lowest BCUT2D eigenvalue weighted by atomic mass is 10.0. The summed E-state index contributed by atoms with van der Waals surface area (Å²) in [5.74, 6) is 0.0940. The Kier molecular flexibility index (Phi) is 6.23. The highest BCUT2D eigenvalue weighted by Gasteiger charge is 2.22. The average molecular weight is 439 g/mol. The number of carbonyl (C=O) groups excluding carboxylic acids is 1. The quantitative estimate of drug-likeness (QED) is 0.414. The minimum Gasteiger partial charge on any atom is -0.481 e. The third-order valence-corrected chi connectivity index (χ3v) is 5.53. The molecule has 31 heavy (non-hydrogen) atoms. The van der Waals surface area contributed by atoms with E-state index in [1.165, 1.54) is 4.88 Å². The second-order valence-corrected chi connectivity index (χ2v) is 7.91. The number of fused-ring (bicyclic) bond motifs is 1. The SMILES string of the molecule is O=C(O)C[C@H](NC(=O)Nc1cccc(NCc2cccs2)c1)c1ccc2c(c1)OCO2. The highest BCUT2D eigenvalue weighted by atomic mass is 32.1. The van der Waals surface area contributed by atoms with Crippen LogP contribution in [0.4, 0.5) is 16.2 Å². The molecule has 8 nitrogen and oxygen atoms in total. The molecule has 4 rings (SSSR count). The van der Waals surface area contributed by atoms with Crippen LogP contribution < -0.4 is 25.4 Å². The van der Waals surface area contributed by atoms with Crippen LogP contribution in [0.25, 0.3) is 0 Å². The van der Waals surface area contributed by atoms with Crippen molar-refractivity contribution in [3.8, 4) is 11.5 Å². The zero-order valence-electron chi connectivity index (χ0n) is 16.5. The molecule has 3 aromatic rings. The summed E-state index contributed by atoms with van der Waals surface area (Å²) < 4.78 is 10.6. The van der Waals surface area contributed by atoms with Crippen molar-refractivity contribution in [2.75, 3.05) is 17.4 Å². The van der Waals surface area contributed by atoms with Crippen LogP contribution in [0.1, 0.15) is 22.9 Å². The van der Waals surface area contributed by atoms with Gasteiger partial charge in [-0.3, -0.25) is 4.79 Å². The van der Waals surface area contributed by atoms with Gasteiger partial charge in [-0.2, -0.15) is 0 Å². The summed E-state index contributed by atoms with van der Waals surface area (Å²) in [5, 5.41) is 20.1. The van der Waals surface area contributed by atoms with E-state index in [1.54, 1.807) is 35.6 Å². The summed E-state index contributed by atoms with van der Waals surface area (Å²) in [4.78, 5) is 25.1. The fourth-order valence-electron chi connectivity index (χ4n) is 3.19. The Morgan fingerprint density at radius 3 is 2.68 bits per heavy atom. The van der Waals surface area contributed by atoms with Gasteiger partial charge in [-0.15, -0.1) is 11.3 Å². The number of benzene rings is 2. The smallest absolute Gasteiger partial charge is 0.319 e. The van der Waals surface area contributed by atoms with E-state index in [1.807, 2.05) is 35.7 Å². The van der Waals surface area contributed by atoms with Gasteiger partial charge in [0.2, 0.25) is 6.79 Å². The van der Waals surface area contributed by atoms with Gasteiger partial charge in [0.1, 0.15) is 0 Å². The summed E-state index contributed by atoms with van der Waals surface area (Å²) in [7, 11) is 0. The lowest BCUT2D eigenvalue weighted by Gasteiger charge is -2.18. The molecule has 160 valence electrons. The maximum absolute atomic E-state index is 12.6. The van der Waals surface area contributed by atoms with E-state index < -0.39 is 18.0 Å². The summed E-state index contributed by atoms with van der Waals surface area (Å²) in [6, 6.07) is 15.3. The molecule has 0 spiro atoms. The zero-order valence-corrected chi connectivity index (χ0v) is 17.3. The number of hydrogen-bond acceptors (Lipinski definition) is 6. The van der Waals surface area contributed by atoms with E-state index in [0.717, 1.165) is 5.69 Å². The molecule has 1 aliphatic heterocycles. The maximum Gasteiger partial charge on any atom is 0.319 e. The monoisotopic (exact) mass is 439 g/mol. The second-order valence-electron chi connectivity index (χ2n) is 6.88. The molecule has 1 aliphatic rings. The average Bonchev–Trinajstić information content (AvgIpc) is 3.43. The van der Waals surface area contributed by atoms with Crippen LogP contribution in [0.3, 0.4) is 0 Å². The fraction of sp³-hybridized carbons (Fsp3) is 0.182. The first-order valence-corrected chi connectivity index (χ1v) is 10.5. The van der Waals surface area contributed by atoms with Crippen LogP contribution in [-0.2, 0) is 11.3 Å². The van der Waals surface area contributed by atoms with Crippen molar-refractivity contribution in [2.24, 2.45) is 0 Å². The normalized spacial score (nSPS) is 12.8. The molecule has 0 fully saturated rings. The topological polar surface area (TPSA) is 109 Å². The highest BCUT2D eigenvalue weighted by molar-refractivity contribution is 7.09. The number of ether oxygens (including phenoxy) is 2. The number of aliphatic carboxylic acids is 1. The number of rotatable bonds is 8. The Morgan fingerprint density at radius 1 is 1.03 bits per heavy atom. The van der Waals surface area contributed by atoms with Crippen molar-refractivity contribution < 1.29 is 24.2 Å². The van der Waals surface area contributed by atoms with E-state index in [4.69, 9.17) is 9.47 Å². The molecule has 1 atom stereocenters. The number of carboxylic acid groups (broad SMARTS) is 1. The molecule has 0 aliphatic carbocycles. The Labute approximate surface area is 182 Å². The Balaban J connectivity index is 1.40. The number of amides is 2. The molecule has 0 unspecified atom stereocenters. The summed E-state index contributed by atoms with van der Waals surface area (Å²) in [5.41, 5.74) is 2.07. The second kappa shape index (κ2) is 9.40. The standard InChI is InChI=1S/C22H21N3O5S/c26-21(27)11-18(14-6-7-19-20(9-14)30-13-29-19)25-22(28)24-16-4-1-3-15(10-16)23-12-17-5-2-8-31-17/h1-10,18,23H,11-13H2,(H,26,27)(H2,24,25,28)/t18-/m0/s1. The number of thiophene rings is 1. The van der Waals surface area contributed by atoms with E-state index in [-0.39, 0.29) is 13.2 Å². The lowest BCUT2D eigenvalue weighted by molar-refractivity contribution is -0.137. The summed E-state index contributed by atoms with van der Waals surface area (Å²) >= 11 is 1.67. The predicted molar refractivity (Wildman–Crippen MR) is 118 cm³/mol. The van der Waals surface area contributed by atoms with E-state index in [0.29, 0.717) is 29.3 Å². The molecular weight excluding hydrogens is 418 g/mol. The number of nitrogens with one attached hydrogen (secondary N) is 3. The van der Waals surface area contributed by atoms with E-state index >= 15 is 0 Å². The molecular formula is C22H21N3O5S. The third kappa shape index (κ3) is 5.46. The van der Waals surface area contributed by atoms with Crippen molar-refractivity contribution in [3.63, 3.8) is 0 Å². The first kappa shape index (κ1) is 20.5. The highest BCUT2D eigenvalue weighted by Crippen LogP contribution is 2.34. The van der Waals surface area contributed by atoms with Gasteiger partial charge in [0.15, 0.2) is 11.5 Å². The van der Waals surface area contributed by atoms with Crippen molar-refractivity contribution in [1.29, 1.82) is 0 Å². The molecule has 0 bridgehead atoms. The predicted octanol–water partition coefficient (Wildman–Crippen LogP) is 4.43. The first-order chi connectivity index (χ1) is 15.1. The van der Waals surface area contributed by atoms with Crippen LogP contribution in [0, 0.1) is 0 Å². The number of urea groups is 1. The number of anilines is 2. The Morgan fingerprint density at radius 2 is 1.87 bits per heavy atom. The molecule has 0 saturated carbocycles. The van der Waals surface area contributed by atoms with E-state index in [2.05, 4.69) is 16.0 Å². The minimum atomic E-state index is -1.03. The zero-order chi connectivity index (χ0) is 21.6. The molecule has 0 radical (unpaired) electrons.